The molecular formula is C37H44N4O3. The van der Waals surface area contributed by atoms with Gasteiger partial charge in [0.2, 0.25) is 5.91 Å². The number of rotatable bonds is 8. The van der Waals surface area contributed by atoms with E-state index < -0.39 is 0 Å². The van der Waals surface area contributed by atoms with Crippen LogP contribution < -0.4 is 15.4 Å². The largest absolute Gasteiger partial charge is 0.493 e. The Morgan fingerprint density at radius 1 is 1.05 bits per heavy atom. The minimum atomic E-state index is -0.374. The molecular weight excluding hydrogens is 548 g/mol. The van der Waals surface area contributed by atoms with Gasteiger partial charge in [0, 0.05) is 73.4 Å². The average Bonchev–Trinajstić information content (AvgIpc) is 3.36. The second-order valence-corrected chi connectivity index (χ2v) is 13.7. The SMILES string of the molecule is COc1cc(CN2CCN(C3CC4(C3)CN(c3ccc(C(N)=O)cc3)C4)[C@H](c3ccccc3C(C)C)C2)cc2cc(C)oc12. The number of hydrogen-bond acceptors (Lipinski definition) is 6. The molecule has 1 spiro atoms. The van der Waals surface area contributed by atoms with Crippen molar-refractivity contribution in [3.8, 4) is 5.75 Å². The first-order valence-electron chi connectivity index (χ1n) is 16.0. The summed E-state index contributed by atoms with van der Waals surface area (Å²) in [5.41, 5.74) is 12.6. The van der Waals surface area contributed by atoms with E-state index in [9.17, 15) is 4.79 Å². The number of methoxy groups -OCH3 is 1. The third-order valence-corrected chi connectivity index (χ3v) is 10.2. The number of furan rings is 1. The lowest BCUT2D eigenvalue weighted by Crippen LogP contribution is -2.68. The Morgan fingerprint density at radius 3 is 2.50 bits per heavy atom. The third kappa shape index (κ3) is 5.26. The van der Waals surface area contributed by atoms with Gasteiger partial charge < -0.3 is 19.8 Å². The first kappa shape index (κ1) is 28.9. The Labute approximate surface area is 260 Å². The van der Waals surface area contributed by atoms with E-state index >= 15 is 0 Å². The van der Waals surface area contributed by atoms with E-state index in [0.29, 0.717) is 29.0 Å². The molecule has 1 atom stereocenters. The zero-order valence-corrected chi connectivity index (χ0v) is 26.4. The standard InChI is InChI=1S/C37H44N4O3/c1-24(2)31-7-5-6-8-32(31)33-21-39(20-26-16-28-15-25(3)44-35(28)34(17-26)43-4)13-14-41(33)30-18-37(19-30)22-40(23-37)29-11-9-27(10-12-29)36(38)42/h5-12,15-17,24,30,33H,13-14,18-23H2,1-4H3,(H2,38,42)/t33-/m0/s1. The molecule has 230 valence electrons. The first-order chi connectivity index (χ1) is 21.2. The summed E-state index contributed by atoms with van der Waals surface area (Å²) in [4.78, 5) is 19.4. The van der Waals surface area contributed by atoms with Crippen LogP contribution in [0.3, 0.4) is 0 Å². The van der Waals surface area contributed by atoms with E-state index in [0.717, 1.165) is 61.7 Å². The van der Waals surface area contributed by atoms with Crippen LogP contribution in [0.4, 0.5) is 5.69 Å². The van der Waals surface area contributed by atoms with Crippen molar-refractivity contribution in [2.75, 3.05) is 44.7 Å². The number of carbonyl (C=O) groups is 1. The number of nitrogens with zero attached hydrogens (tertiary/aromatic N) is 3. The number of anilines is 1. The molecule has 0 unspecified atom stereocenters. The van der Waals surface area contributed by atoms with E-state index in [1.165, 1.54) is 35.2 Å². The maximum absolute atomic E-state index is 11.5. The first-order valence-corrected chi connectivity index (χ1v) is 16.0. The van der Waals surface area contributed by atoms with E-state index in [1.807, 2.05) is 31.2 Å². The lowest BCUT2D eigenvalue weighted by molar-refractivity contribution is -0.0647. The molecule has 2 N–H and O–H groups in total. The van der Waals surface area contributed by atoms with Crippen LogP contribution in [0.25, 0.3) is 11.0 Å². The van der Waals surface area contributed by atoms with E-state index in [-0.39, 0.29) is 5.91 Å². The van der Waals surface area contributed by atoms with Gasteiger partial charge in [-0.1, -0.05) is 38.1 Å². The summed E-state index contributed by atoms with van der Waals surface area (Å²) in [5, 5.41) is 1.11. The molecule has 1 aliphatic carbocycles. The summed E-state index contributed by atoms with van der Waals surface area (Å²) in [6, 6.07) is 24.3. The summed E-state index contributed by atoms with van der Waals surface area (Å²) >= 11 is 0. The zero-order valence-electron chi connectivity index (χ0n) is 26.4. The van der Waals surface area contributed by atoms with Gasteiger partial charge in [-0.25, -0.2) is 0 Å². The molecule has 3 fully saturated rings. The lowest BCUT2D eigenvalue weighted by atomic mass is 9.59. The van der Waals surface area contributed by atoms with Crippen molar-refractivity contribution in [2.45, 2.75) is 58.2 Å². The molecule has 2 saturated heterocycles. The highest BCUT2D eigenvalue weighted by Crippen LogP contribution is 2.53. The molecule has 1 amide bonds. The fraction of sp³-hybridized carbons (Fsp3) is 0.432. The fourth-order valence-electron chi connectivity index (χ4n) is 8.08. The summed E-state index contributed by atoms with van der Waals surface area (Å²) in [5.74, 6) is 1.82. The third-order valence-electron chi connectivity index (χ3n) is 10.2. The van der Waals surface area contributed by atoms with Crippen LogP contribution in [0, 0.1) is 12.3 Å². The molecule has 1 aromatic heterocycles. The van der Waals surface area contributed by atoms with Gasteiger partial charge in [-0.3, -0.25) is 14.6 Å². The number of aryl methyl sites for hydroxylation is 1. The number of ether oxygens (including phenoxy) is 1. The van der Waals surface area contributed by atoms with Crippen molar-refractivity contribution in [1.29, 1.82) is 0 Å². The molecule has 7 nitrogen and oxygen atoms in total. The smallest absolute Gasteiger partial charge is 0.248 e. The topological polar surface area (TPSA) is 75.2 Å². The van der Waals surface area contributed by atoms with E-state index in [1.54, 1.807) is 7.11 Å². The summed E-state index contributed by atoms with van der Waals surface area (Å²) in [6.45, 7) is 12.8. The lowest BCUT2D eigenvalue weighted by Gasteiger charge is -2.63. The molecule has 3 aliphatic rings. The summed E-state index contributed by atoms with van der Waals surface area (Å²) < 4.78 is 11.6. The minimum Gasteiger partial charge on any atom is -0.493 e. The Kier molecular flexibility index (Phi) is 7.42. The van der Waals surface area contributed by atoms with Crippen molar-refractivity contribution in [2.24, 2.45) is 11.1 Å². The number of benzene rings is 3. The fourth-order valence-corrected chi connectivity index (χ4v) is 8.08. The quantitative estimate of drug-likeness (QED) is 0.252. The number of fused-ring (bicyclic) bond motifs is 1. The number of carbonyl (C=O) groups excluding carboxylic acids is 1. The predicted molar refractivity (Wildman–Crippen MR) is 175 cm³/mol. The van der Waals surface area contributed by atoms with Crippen LogP contribution in [0.1, 0.15) is 71.5 Å². The Morgan fingerprint density at radius 2 is 1.80 bits per heavy atom. The highest BCUT2D eigenvalue weighted by molar-refractivity contribution is 5.93. The van der Waals surface area contributed by atoms with Crippen LogP contribution in [-0.4, -0.2) is 61.6 Å². The van der Waals surface area contributed by atoms with Gasteiger partial charge in [-0.2, -0.15) is 0 Å². The number of hydrogen-bond donors (Lipinski definition) is 1. The highest BCUT2D eigenvalue weighted by atomic mass is 16.5. The second kappa shape index (κ2) is 11.3. The number of piperazine rings is 1. The van der Waals surface area contributed by atoms with E-state index in [2.05, 4.69) is 71.0 Å². The average molecular weight is 593 g/mol. The van der Waals surface area contributed by atoms with Gasteiger partial charge in [0.05, 0.1) is 7.11 Å². The molecule has 3 aromatic carbocycles. The van der Waals surface area contributed by atoms with Crippen LogP contribution >= 0.6 is 0 Å². The van der Waals surface area contributed by atoms with Crippen molar-refractivity contribution in [3.05, 3.63) is 94.7 Å². The molecule has 1 saturated carbocycles. The Hall–Kier alpha value is -3.81. The van der Waals surface area contributed by atoms with Gasteiger partial charge in [0.1, 0.15) is 5.76 Å². The van der Waals surface area contributed by atoms with Crippen molar-refractivity contribution in [3.63, 3.8) is 0 Å². The molecule has 4 aromatic rings. The van der Waals surface area contributed by atoms with Crippen molar-refractivity contribution in [1.82, 2.24) is 9.80 Å². The monoisotopic (exact) mass is 592 g/mol. The van der Waals surface area contributed by atoms with Gasteiger partial charge >= 0.3 is 0 Å². The number of primary amides is 1. The predicted octanol–water partition coefficient (Wildman–Crippen LogP) is 6.50. The van der Waals surface area contributed by atoms with Gasteiger partial charge in [-0.15, -0.1) is 0 Å². The summed E-state index contributed by atoms with van der Waals surface area (Å²) in [6.07, 6.45) is 2.49. The number of nitrogens with two attached hydrogens (primary N) is 1. The molecule has 7 rings (SSSR count). The Bertz CT molecular complexity index is 1660. The molecule has 7 heteroatoms. The maximum Gasteiger partial charge on any atom is 0.248 e. The second-order valence-electron chi connectivity index (χ2n) is 13.7. The minimum absolute atomic E-state index is 0.365. The molecule has 0 bridgehead atoms. The molecule has 2 aliphatic heterocycles. The summed E-state index contributed by atoms with van der Waals surface area (Å²) in [7, 11) is 1.72. The molecule has 3 heterocycles. The molecule has 0 radical (unpaired) electrons. The van der Waals surface area contributed by atoms with Crippen LogP contribution in [0.2, 0.25) is 0 Å². The maximum atomic E-state index is 11.5. The Balaban J connectivity index is 1.07. The van der Waals surface area contributed by atoms with Crippen LogP contribution in [0.5, 0.6) is 5.75 Å². The normalized spacial score (nSPS) is 20.7. The van der Waals surface area contributed by atoms with Crippen LogP contribution in [0.15, 0.2) is 71.1 Å². The van der Waals surface area contributed by atoms with Crippen molar-refractivity contribution >= 4 is 22.6 Å². The van der Waals surface area contributed by atoms with Gasteiger partial charge in [0.15, 0.2) is 11.3 Å². The van der Waals surface area contributed by atoms with Crippen molar-refractivity contribution < 1.29 is 13.9 Å². The van der Waals surface area contributed by atoms with Gasteiger partial charge in [-0.05, 0) is 84.8 Å². The van der Waals surface area contributed by atoms with E-state index in [4.69, 9.17) is 14.9 Å². The van der Waals surface area contributed by atoms with Gasteiger partial charge in [0.25, 0.3) is 0 Å². The highest BCUT2D eigenvalue weighted by Gasteiger charge is 2.55. The molecule has 44 heavy (non-hydrogen) atoms. The van der Waals surface area contributed by atoms with Crippen LogP contribution in [-0.2, 0) is 6.54 Å². The number of amides is 1. The zero-order chi connectivity index (χ0) is 30.6.